The van der Waals surface area contributed by atoms with E-state index < -0.39 is 6.09 Å². The van der Waals surface area contributed by atoms with E-state index in [-0.39, 0.29) is 13.2 Å². The Morgan fingerprint density at radius 2 is 2.09 bits per heavy atom. The highest BCUT2D eigenvalue weighted by atomic mass is 16.4. The van der Waals surface area contributed by atoms with Crippen molar-refractivity contribution in [1.82, 2.24) is 10.3 Å². The molecule has 0 radical (unpaired) electrons. The van der Waals surface area contributed by atoms with E-state index in [0.717, 1.165) is 22.3 Å². The predicted octanol–water partition coefficient (Wildman–Crippen LogP) is 2.75. The van der Waals surface area contributed by atoms with Gasteiger partial charge in [-0.1, -0.05) is 18.2 Å². The summed E-state index contributed by atoms with van der Waals surface area (Å²) in [4.78, 5) is 14.7. The second-order valence-electron chi connectivity index (χ2n) is 4.86. The summed E-state index contributed by atoms with van der Waals surface area (Å²) < 4.78 is 5.44. The van der Waals surface area contributed by atoms with Crippen LogP contribution in [0.25, 0.3) is 22.2 Å². The SMILES string of the molecule is O=C(O)NCc1cccc(-c2cc(CO)cc3ncoc23)c1. The fourth-order valence-electron chi connectivity index (χ4n) is 2.36. The number of hydrogen-bond acceptors (Lipinski definition) is 4. The molecule has 6 heteroatoms. The lowest BCUT2D eigenvalue weighted by Crippen LogP contribution is -2.19. The molecule has 0 atom stereocenters. The Hall–Kier alpha value is -2.86. The number of nitrogens with one attached hydrogen (secondary N) is 1. The van der Waals surface area contributed by atoms with Gasteiger partial charge in [0.1, 0.15) is 5.52 Å². The van der Waals surface area contributed by atoms with Crippen molar-refractivity contribution in [3.8, 4) is 11.1 Å². The van der Waals surface area contributed by atoms with Crippen LogP contribution >= 0.6 is 0 Å². The molecule has 0 aliphatic heterocycles. The molecule has 0 spiro atoms. The Balaban J connectivity index is 2.05. The van der Waals surface area contributed by atoms with Crippen LogP contribution in [0.4, 0.5) is 4.79 Å². The number of benzene rings is 2. The number of rotatable bonds is 4. The minimum atomic E-state index is -1.06. The lowest BCUT2D eigenvalue weighted by atomic mass is 10.00. The van der Waals surface area contributed by atoms with E-state index in [9.17, 15) is 9.90 Å². The molecule has 22 heavy (non-hydrogen) atoms. The van der Waals surface area contributed by atoms with Crippen molar-refractivity contribution in [2.75, 3.05) is 0 Å². The van der Waals surface area contributed by atoms with Gasteiger partial charge >= 0.3 is 6.09 Å². The van der Waals surface area contributed by atoms with Crippen molar-refractivity contribution in [2.45, 2.75) is 13.2 Å². The van der Waals surface area contributed by atoms with Gasteiger partial charge < -0.3 is 19.9 Å². The zero-order chi connectivity index (χ0) is 15.5. The molecule has 0 unspecified atom stereocenters. The Morgan fingerprint density at radius 1 is 1.23 bits per heavy atom. The summed E-state index contributed by atoms with van der Waals surface area (Å²) in [5.41, 5.74) is 4.58. The summed E-state index contributed by atoms with van der Waals surface area (Å²) in [5, 5.41) is 20.4. The lowest BCUT2D eigenvalue weighted by Gasteiger charge is -2.08. The Labute approximate surface area is 126 Å². The Morgan fingerprint density at radius 3 is 2.86 bits per heavy atom. The molecule has 0 saturated carbocycles. The van der Waals surface area contributed by atoms with Crippen LogP contribution in [0, 0.1) is 0 Å². The molecule has 112 valence electrons. The first-order valence-electron chi connectivity index (χ1n) is 6.70. The minimum absolute atomic E-state index is 0.0872. The average Bonchev–Trinajstić information content (AvgIpc) is 3.00. The predicted molar refractivity (Wildman–Crippen MR) is 80.2 cm³/mol. The first kappa shape index (κ1) is 14.1. The molecule has 0 aliphatic rings. The van der Waals surface area contributed by atoms with E-state index in [2.05, 4.69) is 10.3 Å². The highest BCUT2D eigenvalue weighted by Gasteiger charge is 2.11. The molecule has 3 aromatic rings. The molecule has 3 N–H and O–H groups in total. The molecule has 1 amide bonds. The number of aromatic nitrogens is 1. The molecule has 3 rings (SSSR count). The minimum Gasteiger partial charge on any atom is -0.465 e. The number of carbonyl (C=O) groups is 1. The van der Waals surface area contributed by atoms with Gasteiger partial charge in [0.2, 0.25) is 0 Å². The Bertz CT molecular complexity index is 826. The van der Waals surface area contributed by atoms with Crippen LogP contribution in [0.2, 0.25) is 0 Å². The van der Waals surface area contributed by atoms with Gasteiger partial charge in [0, 0.05) is 12.1 Å². The van der Waals surface area contributed by atoms with E-state index in [4.69, 9.17) is 9.52 Å². The molecule has 1 aromatic heterocycles. The van der Waals surface area contributed by atoms with Crippen molar-refractivity contribution in [2.24, 2.45) is 0 Å². The zero-order valence-electron chi connectivity index (χ0n) is 11.6. The molecule has 0 aliphatic carbocycles. The van der Waals surface area contributed by atoms with Crippen LogP contribution in [0.15, 0.2) is 47.2 Å². The number of hydrogen-bond donors (Lipinski definition) is 3. The largest absolute Gasteiger partial charge is 0.465 e. The molecule has 0 fully saturated rings. The number of amides is 1. The smallest absolute Gasteiger partial charge is 0.404 e. The maximum Gasteiger partial charge on any atom is 0.404 e. The summed E-state index contributed by atoms with van der Waals surface area (Å²) in [5.74, 6) is 0. The highest BCUT2D eigenvalue weighted by molar-refractivity contribution is 5.91. The van der Waals surface area contributed by atoms with E-state index in [1.165, 1.54) is 6.39 Å². The van der Waals surface area contributed by atoms with E-state index >= 15 is 0 Å². The maximum absolute atomic E-state index is 10.6. The second-order valence-corrected chi connectivity index (χ2v) is 4.86. The molecule has 1 heterocycles. The quantitative estimate of drug-likeness (QED) is 0.688. The first-order valence-corrected chi connectivity index (χ1v) is 6.70. The third-order valence-corrected chi connectivity index (χ3v) is 3.36. The normalized spacial score (nSPS) is 10.8. The lowest BCUT2D eigenvalue weighted by molar-refractivity contribution is 0.194. The van der Waals surface area contributed by atoms with Crippen molar-refractivity contribution >= 4 is 17.2 Å². The van der Waals surface area contributed by atoms with Gasteiger partial charge in [0.25, 0.3) is 0 Å². The summed E-state index contributed by atoms with van der Waals surface area (Å²) in [6.45, 7) is 0.137. The topological polar surface area (TPSA) is 95.6 Å². The van der Waals surface area contributed by atoms with Gasteiger partial charge in [0.15, 0.2) is 12.0 Å². The van der Waals surface area contributed by atoms with E-state index in [1.807, 2.05) is 30.3 Å². The molecule has 0 bridgehead atoms. The van der Waals surface area contributed by atoms with Crippen molar-refractivity contribution in [1.29, 1.82) is 0 Å². The van der Waals surface area contributed by atoms with Crippen LogP contribution in [-0.4, -0.2) is 21.3 Å². The third-order valence-electron chi connectivity index (χ3n) is 3.36. The Kier molecular flexibility index (Phi) is 3.76. The van der Waals surface area contributed by atoms with Gasteiger partial charge in [-0.3, -0.25) is 0 Å². The maximum atomic E-state index is 10.6. The second kappa shape index (κ2) is 5.87. The van der Waals surface area contributed by atoms with Gasteiger partial charge in [-0.2, -0.15) is 0 Å². The van der Waals surface area contributed by atoms with Crippen LogP contribution in [0.1, 0.15) is 11.1 Å². The summed E-state index contributed by atoms with van der Waals surface area (Å²) in [7, 11) is 0. The molecule has 0 saturated heterocycles. The molecular formula is C16H14N2O4. The van der Waals surface area contributed by atoms with Gasteiger partial charge in [-0.25, -0.2) is 9.78 Å². The average molecular weight is 298 g/mol. The van der Waals surface area contributed by atoms with Gasteiger partial charge in [-0.05, 0) is 34.9 Å². The monoisotopic (exact) mass is 298 g/mol. The van der Waals surface area contributed by atoms with Gasteiger partial charge in [0.05, 0.1) is 6.61 Å². The number of fused-ring (bicyclic) bond motifs is 1. The molecular weight excluding hydrogens is 284 g/mol. The van der Waals surface area contributed by atoms with Crippen molar-refractivity contribution in [3.63, 3.8) is 0 Å². The van der Waals surface area contributed by atoms with E-state index in [1.54, 1.807) is 6.07 Å². The van der Waals surface area contributed by atoms with Crippen LogP contribution in [0.3, 0.4) is 0 Å². The molecule has 2 aromatic carbocycles. The standard InChI is InChI=1S/C16H14N2O4/c19-8-11-5-13(15-14(6-11)18-9-22-15)12-3-1-2-10(4-12)7-17-16(20)21/h1-6,9,17,19H,7-8H2,(H,20,21). The van der Waals surface area contributed by atoms with E-state index in [0.29, 0.717) is 11.1 Å². The molecule has 6 nitrogen and oxygen atoms in total. The number of aliphatic hydroxyl groups excluding tert-OH is 1. The number of nitrogens with zero attached hydrogens (tertiary/aromatic N) is 1. The number of aliphatic hydroxyl groups is 1. The zero-order valence-corrected chi connectivity index (χ0v) is 11.6. The first-order chi connectivity index (χ1) is 10.7. The number of carboxylic acid groups (broad SMARTS) is 1. The van der Waals surface area contributed by atoms with Crippen LogP contribution < -0.4 is 5.32 Å². The summed E-state index contributed by atoms with van der Waals surface area (Å²) >= 11 is 0. The summed E-state index contributed by atoms with van der Waals surface area (Å²) in [6, 6.07) is 11.1. The van der Waals surface area contributed by atoms with Crippen LogP contribution in [0.5, 0.6) is 0 Å². The van der Waals surface area contributed by atoms with Crippen molar-refractivity contribution < 1.29 is 19.4 Å². The van der Waals surface area contributed by atoms with Gasteiger partial charge in [-0.15, -0.1) is 0 Å². The fraction of sp³-hybridized carbons (Fsp3) is 0.125. The van der Waals surface area contributed by atoms with Crippen LogP contribution in [-0.2, 0) is 13.2 Å². The third kappa shape index (κ3) is 2.77. The highest BCUT2D eigenvalue weighted by Crippen LogP contribution is 2.30. The summed E-state index contributed by atoms with van der Waals surface area (Å²) in [6.07, 6.45) is 0.302. The fourth-order valence-corrected chi connectivity index (χ4v) is 2.36. The van der Waals surface area contributed by atoms with Crippen molar-refractivity contribution in [3.05, 3.63) is 53.9 Å². The number of oxazole rings is 1.